The van der Waals surface area contributed by atoms with Gasteiger partial charge in [0, 0.05) is 12.6 Å². The van der Waals surface area contributed by atoms with Gasteiger partial charge >= 0.3 is 5.97 Å². The average molecular weight is 434 g/mol. The quantitative estimate of drug-likeness (QED) is 0.587. The zero-order chi connectivity index (χ0) is 22.0. The van der Waals surface area contributed by atoms with E-state index in [1.165, 1.54) is 25.4 Å². The molecule has 158 valence electrons. The van der Waals surface area contributed by atoms with Crippen LogP contribution in [0.3, 0.4) is 0 Å². The van der Waals surface area contributed by atoms with Gasteiger partial charge in [0.05, 0.1) is 35.7 Å². The monoisotopic (exact) mass is 433 g/mol. The van der Waals surface area contributed by atoms with E-state index in [0.717, 1.165) is 0 Å². The Kier molecular flexibility index (Phi) is 6.43. The number of methoxy groups -OCH3 is 1. The van der Waals surface area contributed by atoms with Crippen molar-refractivity contribution in [1.82, 2.24) is 4.57 Å². The van der Waals surface area contributed by atoms with Gasteiger partial charge < -0.3 is 19.5 Å². The number of ether oxygens (including phenoxy) is 1. The van der Waals surface area contributed by atoms with E-state index in [1.54, 1.807) is 22.8 Å². The minimum Gasteiger partial charge on any atom is -0.495 e. The molecule has 0 spiro atoms. The van der Waals surface area contributed by atoms with Crippen molar-refractivity contribution in [2.24, 2.45) is 0 Å². The van der Waals surface area contributed by atoms with E-state index in [9.17, 15) is 24.2 Å². The SMILES string of the molecule is CC[C@H](CO)n1cc(C(=O)O)c(=O)c2cc(Cc3cccc(Cl)c3F)cc(OC)c21. The molecule has 1 atom stereocenters. The lowest BCUT2D eigenvalue weighted by molar-refractivity contribution is 0.0694. The molecule has 2 N–H and O–H groups in total. The molecule has 0 radical (unpaired) electrons. The Bertz CT molecular complexity index is 1170. The van der Waals surface area contributed by atoms with E-state index >= 15 is 0 Å². The van der Waals surface area contributed by atoms with Crippen molar-refractivity contribution in [3.63, 3.8) is 0 Å². The van der Waals surface area contributed by atoms with E-state index < -0.39 is 28.8 Å². The smallest absolute Gasteiger partial charge is 0.341 e. The number of hydrogen-bond donors (Lipinski definition) is 2. The van der Waals surface area contributed by atoms with Crippen molar-refractivity contribution >= 4 is 28.5 Å². The van der Waals surface area contributed by atoms with Crippen molar-refractivity contribution in [1.29, 1.82) is 0 Å². The summed E-state index contributed by atoms with van der Waals surface area (Å²) in [6, 6.07) is 7.41. The number of hydrogen-bond acceptors (Lipinski definition) is 4. The third kappa shape index (κ3) is 3.91. The van der Waals surface area contributed by atoms with Gasteiger partial charge in [0.1, 0.15) is 17.1 Å². The number of fused-ring (bicyclic) bond motifs is 1. The summed E-state index contributed by atoms with van der Waals surface area (Å²) in [5.74, 6) is -1.60. The third-order valence-electron chi connectivity index (χ3n) is 5.10. The van der Waals surface area contributed by atoms with Gasteiger partial charge in [0.2, 0.25) is 5.43 Å². The minimum absolute atomic E-state index is 0.00972. The lowest BCUT2D eigenvalue weighted by Gasteiger charge is -2.22. The van der Waals surface area contributed by atoms with Crippen molar-refractivity contribution < 1.29 is 24.1 Å². The molecule has 0 aliphatic heterocycles. The standard InChI is InChI=1S/C22H21ClFNO5/c1-3-14(11-26)25-10-16(22(28)29)21(27)15-8-12(9-18(30-2)20(15)25)7-13-5-4-6-17(23)19(13)24/h4-6,8-10,14,26H,3,7,11H2,1-2H3,(H,28,29)/t14-/m1/s1. The fourth-order valence-electron chi connectivity index (χ4n) is 3.53. The number of carboxylic acid groups (broad SMARTS) is 1. The maximum absolute atomic E-state index is 14.4. The Labute approximate surface area is 177 Å². The molecule has 2 aromatic carbocycles. The number of aliphatic hydroxyl groups is 1. The van der Waals surface area contributed by atoms with E-state index in [1.807, 2.05) is 6.92 Å². The molecule has 0 aliphatic carbocycles. The second kappa shape index (κ2) is 8.85. The van der Waals surface area contributed by atoms with Gasteiger partial charge in [-0.3, -0.25) is 4.79 Å². The zero-order valence-corrected chi connectivity index (χ0v) is 17.2. The third-order valence-corrected chi connectivity index (χ3v) is 5.39. The summed E-state index contributed by atoms with van der Waals surface area (Å²) >= 11 is 5.86. The van der Waals surface area contributed by atoms with Crippen molar-refractivity contribution in [3.05, 3.63) is 74.3 Å². The number of aliphatic hydroxyl groups excluding tert-OH is 1. The van der Waals surface area contributed by atoms with Crippen LogP contribution in [0, 0.1) is 5.82 Å². The van der Waals surface area contributed by atoms with Gasteiger partial charge in [-0.25, -0.2) is 9.18 Å². The van der Waals surface area contributed by atoms with Crippen LogP contribution in [0.25, 0.3) is 10.9 Å². The molecule has 30 heavy (non-hydrogen) atoms. The predicted octanol–water partition coefficient (Wildman–Crippen LogP) is 4.04. The van der Waals surface area contributed by atoms with Gasteiger partial charge in [-0.2, -0.15) is 0 Å². The summed E-state index contributed by atoms with van der Waals surface area (Å²) in [7, 11) is 1.43. The largest absolute Gasteiger partial charge is 0.495 e. The van der Waals surface area contributed by atoms with Crippen LogP contribution in [0.1, 0.15) is 40.9 Å². The molecule has 0 fully saturated rings. The Morgan fingerprint density at radius 2 is 2.07 bits per heavy atom. The number of carbonyl (C=O) groups is 1. The molecular formula is C22H21ClFNO5. The van der Waals surface area contributed by atoms with E-state index in [4.69, 9.17) is 16.3 Å². The number of rotatable bonds is 7. The molecule has 6 nitrogen and oxygen atoms in total. The van der Waals surface area contributed by atoms with Crippen LogP contribution in [-0.4, -0.2) is 34.5 Å². The second-order valence-corrected chi connectivity index (χ2v) is 7.32. The van der Waals surface area contributed by atoms with Crippen LogP contribution >= 0.6 is 11.6 Å². The molecule has 0 bridgehead atoms. The van der Waals surface area contributed by atoms with Crippen LogP contribution in [0.4, 0.5) is 4.39 Å². The molecule has 8 heteroatoms. The fourth-order valence-corrected chi connectivity index (χ4v) is 3.72. The first-order valence-corrected chi connectivity index (χ1v) is 9.72. The summed E-state index contributed by atoms with van der Waals surface area (Å²) in [6.07, 6.45) is 1.87. The topological polar surface area (TPSA) is 88.8 Å². The number of pyridine rings is 1. The Morgan fingerprint density at radius 1 is 1.33 bits per heavy atom. The molecule has 0 aliphatic rings. The highest BCUT2D eigenvalue weighted by Gasteiger charge is 2.22. The van der Waals surface area contributed by atoms with Gasteiger partial charge in [0.25, 0.3) is 0 Å². The highest BCUT2D eigenvalue weighted by atomic mass is 35.5. The number of aromatic carboxylic acids is 1. The summed E-state index contributed by atoms with van der Waals surface area (Å²) in [5, 5.41) is 19.4. The number of benzene rings is 2. The van der Waals surface area contributed by atoms with Gasteiger partial charge in [0.15, 0.2) is 0 Å². The zero-order valence-electron chi connectivity index (χ0n) is 16.5. The van der Waals surface area contributed by atoms with Gasteiger partial charge in [-0.15, -0.1) is 0 Å². The van der Waals surface area contributed by atoms with E-state index in [-0.39, 0.29) is 23.4 Å². The predicted molar refractivity (Wildman–Crippen MR) is 112 cm³/mol. The molecule has 1 aromatic heterocycles. The van der Waals surface area contributed by atoms with Crippen molar-refractivity contribution in [2.45, 2.75) is 25.8 Å². The van der Waals surface area contributed by atoms with Crippen LogP contribution in [0.15, 0.2) is 41.3 Å². The highest BCUT2D eigenvalue weighted by molar-refractivity contribution is 6.30. The highest BCUT2D eigenvalue weighted by Crippen LogP contribution is 2.31. The summed E-state index contributed by atoms with van der Waals surface area (Å²) < 4.78 is 21.4. The van der Waals surface area contributed by atoms with Crippen LogP contribution in [0.5, 0.6) is 5.75 Å². The van der Waals surface area contributed by atoms with Crippen molar-refractivity contribution in [2.75, 3.05) is 13.7 Å². The van der Waals surface area contributed by atoms with E-state index in [2.05, 4.69) is 0 Å². The normalized spacial score (nSPS) is 12.2. The number of nitrogens with zero attached hydrogens (tertiary/aromatic N) is 1. The second-order valence-electron chi connectivity index (χ2n) is 6.91. The Balaban J connectivity index is 2.32. The summed E-state index contributed by atoms with van der Waals surface area (Å²) in [6.45, 7) is 1.60. The number of halogens is 2. The first-order valence-electron chi connectivity index (χ1n) is 9.35. The van der Waals surface area contributed by atoms with E-state index in [0.29, 0.717) is 28.8 Å². The average Bonchev–Trinajstić information content (AvgIpc) is 2.73. The fraction of sp³-hybridized carbons (Fsp3) is 0.273. The molecule has 0 saturated carbocycles. The first-order chi connectivity index (χ1) is 14.3. The summed E-state index contributed by atoms with van der Waals surface area (Å²) in [5.41, 5.74) is 0.184. The molecule has 3 rings (SSSR count). The molecule has 0 unspecified atom stereocenters. The van der Waals surface area contributed by atoms with Gasteiger partial charge in [-0.1, -0.05) is 30.7 Å². The molecular weight excluding hydrogens is 413 g/mol. The maximum atomic E-state index is 14.4. The van der Waals surface area contributed by atoms with Crippen LogP contribution < -0.4 is 10.2 Å². The first kappa shape index (κ1) is 21.8. The molecule has 3 aromatic rings. The molecule has 0 saturated heterocycles. The minimum atomic E-state index is -1.37. The summed E-state index contributed by atoms with van der Waals surface area (Å²) in [4.78, 5) is 24.6. The lowest BCUT2D eigenvalue weighted by atomic mass is 10.00. The number of carboxylic acids is 1. The van der Waals surface area contributed by atoms with Crippen LogP contribution in [0.2, 0.25) is 5.02 Å². The van der Waals surface area contributed by atoms with Crippen molar-refractivity contribution in [3.8, 4) is 5.75 Å². The molecule has 0 amide bonds. The Morgan fingerprint density at radius 3 is 2.67 bits per heavy atom. The number of aromatic nitrogens is 1. The lowest BCUT2D eigenvalue weighted by Crippen LogP contribution is -2.23. The maximum Gasteiger partial charge on any atom is 0.341 e. The van der Waals surface area contributed by atoms with Crippen LogP contribution in [-0.2, 0) is 6.42 Å². The van der Waals surface area contributed by atoms with Gasteiger partial charge in [-0.05, 0) is 35.7 Å². The molecule has 1 heterocycles. The Hall–Kier alpha value is -2.90.